The lowest BCUT2D eigenvalue weighted by atomic mass is 9.66. The number of nitro benzene ring substituents is 1. The lowest BCUT2D eigenvalue weighted by molar-refractivity contribution is -0.384. The summed E-state index contributed by atoms with van der Waals surface area (Å²) in [6.07, 6.45) is 3.01. The van der Waals surface area contributed by atoms with E-state index in [-0.39, 0.29) is 17.5 Å². The van der Waals surface area contributed by atoms with Gasteiger partial charge < -0.3 is 10.4 Å². The van der Waals surface area contributed by atoms with Gasteiger partial charge in [0.15, 0.2) is 0 Å². The average molecular weight is 343 g/mol. The van der Waals surface area contributed by atoms with Gasteiger partial charge in [-0.3, -0.25) is 14.9 Å². The van der Waals surface area contributed by atoms with E-state index in [9.17, 15) is 14.9 Å². The average Bonchev–Trinajstić information content (AvgIpc) is 2.33. The van der Waals surface area contributed by atoms with Crippen molar-refractivity contribution in [3.63, 3.8) is 0 Å². The number of non-ortho nitro benzene ring substituents is 1. The number of nitro groups is 1. The molecule has 1 aliphatic carbocycles. The first-order chi connectivity index (χ1) is 9.42. The Morgan fingerprint density at radius 1 is 1.50 bits per heavy atom. The lowest BCUT2D eigenvalue weighted by Crippen LogP contribution is -2.38. The van der Waals surface area contributed by atoms with Gasteiger partial charge in [-0.05, 0) is 40.3 Å². The molecule has 1 aliphatic rings. The second-order valence-electron chi connectivity index (χ2n) is 5.20. The van der Waals surface area contributed by atoms with Gasteiger partial charge in [0.05, 0.1) is 11.3 Å². The molecule has 1 aromatic rings. The fraction of sp³-hybridized carbons (Fsp3) is 0.462. The van der Waals surface area contributed by atoms with Crippen LogP contribution in [0, 0.1) is 15.5 Å². The maximum atomic E-state index is 10.9. The first kappa shape index (κ1) is 14.8. The molecule has 108 valence electrons. The van der Waals surface area contributed by atoms with Crippen molar-refractivity contribution in [1.29, 1.82) is 0 Å². The standard InChI is InChI=1S/C13H15BrN2O4/c14-10-6-9(16(19)20)2-3-11(10)15-8-13(4-1-5-13)7-12(17)18/h2-3,6,15H,1,4-5,7-8H2,(H,17,18). The fourth-order valence-electron chi connectivity index (χ4n) is 2.46. The van der Waals surface area contributed by atoms with Crippen molar-refractivity contribution in [3.8, 4) is 0 Å². The minimum Gasteiger partial charge on any atom is -0.481 e. The summed E-state index contributed by atoms with van der Waals surface area (Å²) in [4.78, 5) is 21.1. The molecule has 0 bridgehead atoms. The zero-order valence-corrected chi connectivity index (χ0v) is 12.4. The molecule has 0 radical (unpaired) electrons. The molecular weight excluding hydrogens is 328 g/mol. The van der Waals surface area contributed by atoms with Gasteiger partial charge in [-0.15, -0.1) is 0 Å². The fourth-order valence-corrected chi connectivity index (χ4v) is 2.96. The van der Waals surface area contributed by atoms with E-state index in [2.05, 4.69) is 21.2 Å². The molecule has 2 rings (SSSR count). The van der Waals surface area contributed by atoms with E-state index in [1.807, 2.05) is 0 Å². The number of nitrogens with one attached hydrogen (secondary N) is 1. The van der Waals surface area contributed by atoms with Crippen LogP contribution in [0.4, 0.5) is 11.4 Å². The number of hydrogen-bond donors (Lipinski definition) is 2. The third-order valence-electron chi connectivity index (χ3n) is 3.76. The van der Waals surface area contributed by atoms with Crippen LogP contribution in [-0.4, -0.2) is 22.5 Å². The maximum absolute atomic E-state index is 10.9. The predicted octanol–water partition coefficient (Wildman–Crippen LogP) is 3.41. The molecule has 0 aliphatic heterocycles. The van der Waals surface area contributed by atoms with E-state index >= 15 is 0 Å². The molecule has 7 heteroatoms. The van der Waals surface area contributed by atoms with Crippen LogP contribution in [-0.2, 0) is 4.79 Å². The summed E-state index contributed by atoms with van der Waals surface area (Å²) in [5.74, 6) is -0.783. The van der Waals surface area contributed by atoms with Gasteiger partial charge >= 0.3 is 5.97 Å². The minimum atomic E-state index is -0.783. The molecule has 0 amide bonds. The smallest absolute Gasteiger partial charge is 0.303 e. The zero-order valence-electron chi connectivity index (χ0n) is 10.8. The summed E-state index contributed by atoms with van der Waals surface area (Å²) in [5, 5.41) is 22.8. The minimum absolute atomic E-state index is 0.0197. The van der Waals surface area contributed by atoms with Crippen LogP contribution in [0.25, 0.3) is 0 Å². The SMILES string of the molecule is O=C(O)CC1(CNc2ccc([N+](=O)[O-])cc2Br)CCC1. The van der Waals surface area contributed by atoms with Crippen molar-refractivity contribution in [3.05, 3.63) is 32.8 Å². The van der Waals surface area contributed by atoms with E-state index in [1.165, 1.54) is 12.1 Å². The molecule has 0 atom stereocenters. The second-order valence-corrected chi connectivity index (χ2v) is 6.05. The molecule has 0 spiro atoms. The molecule has 1 aromatic carbocycles. The van der Waals surface area contributed by atoms with Crippen molar-refractivity contribution in [1.82, 2.24) is 0 Å². The van der Waals surface area contributed by atoms with Crippen molar-refractivity contribution < 1.29 is 14.8 Å². The molecule has 1 fully saturated rings. The maximum Gasteiger partial charge on any atom is 0.303 e. The highest BCUT2D eigenvalue weighted by atomic mass is 79.9. The first-order valence-corrected chi connectivity index (χ1v) is 7.11. The van der Waals surface area contributed by atoms with E-state index < -0.39 is 10.9 Å². The Bertz CT molecular complexity index is 543. The monoisotopic (exact) mass is 342 g/mol. The number of nitrogens with zero attached hydrogens (tertiary/aromatic N) is 1. The Morgan fingerprint density at radius 2 is 2.20 bits per heavy atom. The highest BCUT2D eigenvalue weighted by molar-refractivity contribution is 9.10. The summed E-state index contributed by atoms with van der Waals surface area (Å²) >= 11 is 3.29. The number of hydrogen-bond acceptors (Lipinski definition) is 4. The largest absolute Gasteiger partial charge is 0.481 e. The first-order valence-electron chi connectivity index (χ1n) is 6.31. The zero-order chi connectivity index (χ0) is 14.8. The second kappa shape index (κ2) is 5.78. The Morgan fingerprint density at radius 3 is 2.65 bits per heavy atom. The van der Waals surface area contributed by atoms with Crippen LogP contribution in [0.2, 0.25) is 0 Å². The molecule has 20 heavy (non-hydrogen) atoms. The summed E-state index contributed by atoms with van der Waals surface area (Å²) in [5.41, 5.74) is 0.575. The molecule has 0 heterocycles. The summed E-state index contributed by atoms with van der Waals surface area (Å²) < 4.78 is 0.608. The predicted molar refractivity (Wildman–Crippen MR) is 77.8 cm³/mol. The van der Waals surface area contributed by atoms with Gasteiger partial charge in [0, 0.05) is 28.8 Å². The topological polar surface area (TPSA) is 92.5 Å². The van der Waals surface area contributed by atoms with Crippen LogP contribution in [0.5, 0.6) is 0 Å². The number of benzene rings is 1. The normalized spacial score (nSPS) is 16.2. The number of halogens is 1. The van der Waals surface area contributed by atoms with Crippen LogP contribution in [0.15, 0.2) is 22.7 Å². The third kappa shape index (κ3) is 3.27. The van der Waals surface area contributed by atoms with Gasteiger partial charge in [-0.25, -0.2) is 0 Å². The highest BCUT2D eigenvalue weighted by Crippen LogP contribution is 2.44. The summed E-state index contributed by atoms with van der Waals surface area (Å²) in [6, 6.07) is 4.50. The molecule has 0 unspecified atom stereocenters. The molecule has 0 saturated heterocycles. The van der Waals surface area contributed by atoms with Crippen molar-refractivity contribution in [2.45, 2.75) is 25.7 Å². The molecular formula is C13H15BrN2O4. The molecule has 2 N–H and O–H groups in total. The van der Waals surface area contributed by atoms with Crippen LogP contribution >= 0.6 is 15.9 Å². The van der Waals surface area contributed by atoms with Gasteiger partial charge in [0.25, 0.3) is 5.69 Å². The van der Waals surface area contributed by atoms with Gasteiger partial charge in [-0.1, -0.05) is 6.42 Å². The lowest BCUT2D eigenvalue weighted by Gasteiger charge is -2.41. The van der Waals surface area contributed by atoms with Crippen molar-refractivity contribution >= 4 is 33.3 Å². The molecule has 0 aromatic heterocycles. The summed E-state index contributed by atoms with van der Waals surface area (Å²) in [6.45, 7) is 0.565. The molecule has 1 saturated carbocycles. The number of carbonyl (C=O) groups is 1. The van der Waals surface area contributed by atoms with Crippen LogP contribution in [0.1, 0.15) is 25.7 Å². The summed E-state index contributed by atoms with van der Waals surface area (Å²) in [7, 11) is 0. The highest BCUT2D eigenvalue weighted by Gasteiger charge is 2.38. The van der Waals surface area contributed by atoms with Crippen LogP contribution in [0.3, 0.4) is 0 Å². The van der Waals surface area contributed by atoms with Gasteiger partial charge in [0.1, 0.15) is 0 Å². The quantitative estimate of drug-likeness (QED) is 0.610. The number of aliphatic carboxylic acids is 1. The van der Waals surface area contributed by atoms with Crippen molar-refractivity contribution in [2.75, 3.05) is 11.9 Å². The van der Waals surface area contributed by atoms with Crippen molar-refractivity contribution in [2.24, 2.45) is 5.41 Å². The van der Waals surface area contributed by atoms with E-state index in [4.69, 9.17) is 5.11 Å². The number of anilines is 1. The molecule has 6 nitrogen and oxygen atoms in total. The Labute approximate surface area is 124 Å². The number of rotatable bonds is 6. The van der Waals surface area contributed by atoms with Gasteiger partial charge in [0.2, 0.25) is 0 Å². The van der Waals surface area contributed by atoms with Gasteiger partial charge in [-0.2, -0.15) is 0 Å². The number of carboxylic acid groups (broad SMARTS) is 1. The Kier molecular flexibility index (Phi) is 4.27. The van der Waals surface area contributed by atoms with E-state index in [0.717, 1.165) is 24.9 Å². The third-order valence-corrected chi connectivity index (χ3v) is 4.41. The Balaban J connectivity index is 2.03. The van der Waals surface area contributed by atoms with E-state index in [0.29, 0.717) is 11.0 Å². The van der Waals surface area contributed by atoms with E-state index in [1.54, 1.807) is 6.07 Å². The van der Waals surface area contributed by atoms with Crippen LogP contribution < -0.4 is 5.32 Å². The number of carboxylic acids is 1. The Hall–Kier alpha value is -1.63.